The number of Topliss-reactive ketones (excluding diaryl/α,β-unsaturated/α-hetero) is 3. The largest absolute Gasteiger partial charge is 0.504 e. The number of hydrogen-bond acceptors (Lipinski definition) is 6. The Morgan fingerprint density at radius 3 is 2.76 bits per heavy atom. The lowest BCUT2D eigenvalue weighted by Gasteiger charge is -2.38. The minimum Gasteiger partial charge on any atom is -0.504 e. The number of halogens is 2. The molecule has 3 N–H and O–H groups in total. The Labute approximate surface area is 196 Å². The summed E-state index contributed by atoms with van der Waals surface area (Å²) < 4.78 is 19.6. The van der Waals surface area contributed by atoms with Crippen LogP contribution < -0.4 is 5.73 Å². The fraction of sp³-hybridized carbons (Fsp3) is 0.480. The van der Waals surface area contributed by atoms with Crippen LogP contribution in [0.3, 0.4) is 0 Å². The van der Waals surface area contributed by atoms with Crippen molar-refractivity contribution in [1.82, 2.24) is 0 Å². The molecule has 0 aromatic heterocycles. The van der Waals surface area contributed by atoms with E-state index in [4.69, 9.17) is 22.1 Å². The molecule has 176 valence electrons. The summed E-state index contributed by atoms with van der Waals surface area (Å²) in [6, 6.07) is 3.20. The lowest BCUT2D eigenvalue weighted by atomic mass is 9.63. The highest BCUT2D eigenvalue weighted by molar-refractivity contribution is 6.31. The summed E-state index contributed by atoms with van der Waals surface area (Å²) in [4.78, 5) is 39.2. The zero-order chi connectivity index (χ0) is 24.1. The highest BCUT2D eigenvalue weighted by Gasteiger charge is 2.64. The quantitative estimate of drug-likeness (QED) is 0.584. The van der Waals surface area contributed by atoms with Gasteiger partial charge in [0.15, 0.2) is 17.3 Å². The molecule has 1 aromatic rings. The molecule has 1 spiro atoms. The number of benzene rings is 1. The standard InChI is InChI=1S/C25H27ClFNO5/c1-3-16-23(31)19-13(9-25(16)10-14(25)11-33-2)7-15(22(30)24(19)32)21(29)18(28)8-12-5-4-6-17(26)20(12)27/h4-7,13-14,16,18,32H,3,8-11,28H2,1-2H3/t13?,14-,16?,18?,25+/m0/s1. The van der Waals surface area contributed by atoms with Gasteiger partial charge in [-0.1, -0.05) is 36.7 Å². The zero-order valence-electron chi connectivity index (χ0n) is 18.6. The molecule has 3 unspecified atom stereocenters. The first-order valence-corrected chi connectivity index (χ1v) is 11.5. The average Bonchev–Trinajstić information content (AvgIpc) is 3.45. The summed E-state index contributed by atoms with van der Waals surface area (Å²) in [7, 11) is 1.62. The summed E-state index contributed by atoms with van der Waals surface area (Å²) >= 11 is 5.80. The number of ketones is 3. The number of allylic oxidation sites excluding steroid dienone is 3. The van der Waals surface area contributed by atoms with E-state index in [9.17, 15) is 23.9 Å². The third kappa shape index (κ3) is 3.86. The second-order valence-corrected chi connectivity index (χ2v) is 9.69. The second-order valence-electron chi connectivity index (χ2n) is 9.28. The third-order valence-electron chi connectivity index (χ3n) is 7.46. The van der Waals surface area contributed by atoms with Crippen LogP contribution in [-0.2, 0) is 25.5 Å². The molecule has 2 saturated carbocycles. The Balaban J connectivity index is 1.62. The molecule has 33 heavy (non-hydrogen) atoms. The van der Waals surface area contributed by atoms with Crippen LogP contribution in [-0.4, -0.2) is 42.2 Å². The summed E-state index contributed by atoms with van der Waals surface area (Å²) in [5.74, 6) is -3.80. The van der Waals surface area contributed by atoms with Gasteiger partial charge in [-0.05, 0) is 48.6 Å². The minimum absolute atomic E-state index is 0.0862. The van der Waals surface area contributed by atoms with Crippen molar-refractivity contribution in [3.05, 3.63) is 57.6 Å². The Bertz CT molecular complexity index is 1100. The number of ether oxygens (including phenoxy) is 1. The monoisotopic (exact) mass is 475 g/mol. The summed E-state index contributed by atoms with van der Waals surface area (Å²) in [6.45, 7) is 2.46. The molecule has 5 atom stereocenters. The first-order valence-electron chi connectivity index (χ1n) is 11.1. The van der Waals surface area contributed by atoms with Crippen molar-refractivity contribution in [1.29, 1.82) is 0 Å². The summed E-state index contributed by atoms with van der Waals surface area (Å²) in [6.07, 6.45) is 3.29. The molecule has 6 nitrogen and oxygen atoms in total. The number of rotatable bonds is 7. The molecule has 3 aliphatic rings. The zero-order valence-corrected chi connectivity index (χ0v) is 19.3. The highest BCUT2D eigenvalue weighted by atomic mass is 35.5. The maximum atomic E-state index is 14.3. The molecule has 0 radical (unpaired) electrons. The van der Waals surface area contributed by atoms with Crippen LogP contribution >= 0.6 is 11.6 Å². The molecule has 0 amide bonds. The van der Waals surface area contributed by atoms with Gasteiger partial charge in [-0.25, -0.2) is 4.39 Å². The minimum atomic E-state index is -1.21. The van der Waals surface area contributed by atoms with E-state index in [-0.39, 0.29) is 51.2 Å². The number of hydrogen-bond donors (Lipinski definition) is 2. The molecule has 3 aliphatic carbocycles. The van der Waals surface area contributed by atoms with Crippen LogP contribution in [0.5, 0.6) is 0 Å². The van der Waals surface area contributed by atoms with Gasteiger partial charge in [0.25, 0.3) is 0 Å². The van der Waals surface area contributed by atoms with Gasteiger partial charge in [0.2, 0.25) is 5.78 Å². The van der Waals surface area contributed by atoms with Crippen molar-refractivity contribution in [2.75, 3.05) is 13.7 Å². The molecular formula is C25H27ClFNO5. The molecule has 0 saturated heterocycles. The molecule has 0 bridgehead atoms. The number of nitrogens with two attached hydrogens (primary N) is 1. The Hall–Kier alpha value is -2.35. The van der Waals surface area contributed by atoms with Crippen molar-refractivity contribution in [2.45, 2.75) is 38.6 Å². The van der Waals surface area contributed by atoms with E-state index in [0.717, 1.165) is 6.42 Å². The Morgan fingerprint density at radius 2 is 2.09 bits per heavy atom. The number of aliphatic hydroxyl groups excluding tert-OH is 1. The molecule has 0 heterocycles. The van der Waals surface area contributed by atoms with Gasteiger partial charge in [-0.3, -0.25) is 14.4 Å². The van der Waals surface area contributed by atoms with E-state index in [0.29, 0.717) is 19.4 Å². The number of carbonyl (C=O) groups is 3. The maximum absolute atomic E-state index is 14.3. The molecule has 4 rings (SSSR count). The normalized spacial score (nSPS) is 29.7. The predicted molar refractivity (Wildman–Crippen MR) is 120 cm³/mol. The number of fused-ring (bicyclic) bond motifs is 1. The van der Waals surface area contributed by atoms with Gasteiger partial charge >= 0.3 is 0 Å². The summed E-state index contributed by atoms with van der Waals surface area (Å²) in [5.41, 5.74) is 5.78. The predicted octanol–water partition coefficient (Wildman–Crippen LogP) is 3.51. The summed E-state index contributed by atoms with van der Waals surface area (Å²) in [5, 5.41) is 10.6. The van der Waals surface area contributed by atoms with Crippen LogP contribution in [0.15, 0.2) is 41.2 Å². The van der Waals surface area contributed by atoms with Crippen LogP contribution in [0.1, 0.15) is 31.7 Å². The van der Waals surface area contributed by atoms with Gasteiger partial charge in [0.1, 0.15) is 5.82 Å². The smallest absolute Gasteiger partial charge is 0.231 e. The van der Waals surface area contributed by atoms with Gasteiger partial charge < -0.3 is 15.6 Å². The Morgan fingerprint density at radius 1 is 1.36 bits per heavy atom. The van der Waals surface area contributed by atoms with E-state index in [1.54, 1.807) is 13.2 Å². The Kier molecular flexibility index (Phi) is 6.33. The van der Waals surface area contributed by atoms with Crippen molar-refractivity contribution in [2.24, 2.45) is 28.9 Å². The van der Waals surface area contributed by atoms with Crippen molar-refractivity contribution in [3.8, 4) is 0 Å². The van der Waals surface area contributed by atoms with Crippen LogP contribution in [0.2, 0.25) is 5.02 Å². The molecule has 0 aliphatic heterocycles. The molecule has 2 fully saturated rings. The van der Waals surface area contributed by atoms with Crippen LogP contribution in [0.25, 0.3) is 0 Å². The third-order valence-corrected chi connectivity index (χ3v) is 7.75. The van der Waals surface area contributed by atoms with E-state index in [1.165, 1.54) is 18.2 Å². The number of methoxy groups -OCH3 is 1. The van der Waals surface area contributed by atoms with Crippen LogP contribution in [0.4, 0.5) is 4.39 Å². The van der Waals surface area contributed by atoms with Crippen molar-refractivity contribution >= 4 is 29.0 Å². The van der Waals surface area contributed by atoms with E-state index in [1.807, 2.05) is 6.92 Å². The maximum Gasteiger partial charge on any atom is 0.231 e. The lowest BCUT2D eigenvalue weighted by Crippen LogP contribution is -2.43. The van der Waals surface area contributed by atoms with E-state index >= 15 is 0 Å². The van der Waals surface area contributed by atoms with E-state index < -0.39 is 35.1 Å². The van der Waals surface area contributed by atoms with Crippen molar-refractivity contribution in [3.63, 3.8) is 0 Å². The second kappa shape index (κ2) is 8.78. The first-order chi connectivity index (χ1) is 15.7. The highest BCUT2D eigenvalue weighted by Crippen LogP contribution is 2.66. The van der Waals surface area contributed by atoms with Gasteiger partial charge in [-0.15, -0.1) is 0 Å². The first kappa shape index (κ1) is 23.8. The van der Waals surface area contributed by atoms with Gasteiger partial charge in [-0.2, -0.15) is 0 Å². The SMILES string of the molecule is CCC1C(=O)C2=C(O)C(=O)C(C(=O)C(N)Cc3cccc(Cl)c3F)=CC2C[C@]12C[C@H]2COC. The molecule has 8 heteroatoms. The van der Waals surface area contributed by atoms with Gasteiger partial charge in [0.05, 0.1) is 16.6 Å². The molecule has 1 aromatic carbocycles. The topological polar surface area (TPSA) is 107 Å². The van der Waals surface area contributed by atoms with E-state index in [2.05, 4.69) is 0 Å². The fourth-order valence-corrected chi connectivity index (χ4v) is 5.96. The fourth-order valence-electron chi connectivity index (χ4n) is 5.77. The lowest BCUT2D eigenvalue weighted by molar-refractivity contribution is -0.127. The average molecular weight is 476 g/mol. The number of carbonyl (C=O) groups excluding carboxylic acids is 3. The van der Waals surface area contributed by atoms with Gasteiger partial charge in [0, 0.05) is 31.1 Å². The number of aliphatic hydroxyl groups is 1. The van der Waals surface area contributed by atoms with Crippen molar-refractivity contribution < 1.29 is 28.6 Å². The van der Waals surface area contributed by atoms with Crippen LogP contribution in [0, 0.1) is 29.0 Å². The molecular weight excluding hydrogens is 449 g/mol.